The van der Waals surface area contributed by atoms with Crippen molar-refractivity contribution in [1.82, 2.24) is 9.55 Å². The zero-order valence-electron chi connectivity index (χ0n) is 15.1. The molecule has 1 N–H and O–H groups in total. The van der Waals surface area contributed by atoms with E-state index in [0.717, 1.165) is 16.9 Å². The number of hydrogen-bond acceptors (Lipinski definition) is 4. The fraction of sp³-hybridized carbons (Fsp3) is 0.136. The molecule has 0 aliphatic carbocycles. The second-order valence-corrected chi connectivity index (χ2v) is 6.52. The van der Waals surface area contributed by atoms with E-state index in [9.17, 15) is 14.7 Å². The number of carboxylic acids is 1. The van der Waals surface area contributed by atoms with Crippen molar-refractivity contribution in [3.05, 3.63) is 82.4 Å². The number of benzene rings is 2. The molecule has 0 atom stereocenters. The molecule has 0 bridgehead atoms. The molecule has 6 heteroatoms. The zero-order valence-corrected chi connectivity index (χ0v) is 15.1. The summed E-state index contributed by atoms with van der Waals surface area (Å²) in [5.41, 5.74) is 2.29. The predicted octanol–water partition coefficient (Wildman–Crippen LogP) is 3.60. The van der Waals surface area contributed by atoms with Crippen LogP contribution in [0, 0.1) is 0 Å². The van der Waals surface area contributed by atoms with Gasteiger partial charge in [0.25, 0.3) is 5.56 Å². The van der Waals surface area contributed by atoms with Crippen molar-refractivity contribution < 1.29 is 14.6 Å². The van der Waals surface area contributed by atoms with Crippen molar-refractivity contribution in [2.45, 2.75) is 13.0 Å². The first-order valence-corrected chi connectivity index (χ1v) is 8.89. The van der Waals surface area contributed by atoms with Crippen LogP contribution in [0.25, 0.3) is 22.6 Å². The molecular formula is C22H18N2O4. The Bertz CT molecular complexity index is 1170. The molecule has 0 amide bonds. The maximum atomic E-state index is 12.8. The second-order valence-electron chi connectivity index (χ2n) is 6.52. The van der Waals surface area contributed by atoms with Crippen molar-refractivity contribution in [3.8, 4) is 5.75 Å². The lowest BCUT2D eigenvalue weighted by atomic mass is 10.1. The molecule has 0 saturated carbocycles. The molecule has 6 nitrogen and oxygen atoms in total. The van der Waals surface area contributed by atoms with Gasteiger partial charge in [-0.3, -0.25) is 9.36 Å². The largest absolute Gasteiger partial charge is 0.490 e. The zero-order chi connectivity index (χ0) is 19.7. The molecule has 3 aromatic rings. The van der Waals surface area contributed by atoms with E-state index in [2.05, 4.69) is 11.6 Å². The molecule has 0 saturated heterocycles. The van der Waals surface area contributed by atoms with Crippen molar-refractivity contribution in [1.29, 1.82) is 0 Å². The van der Waals surface area contributed by atoms with Gasteiger partial charge >= 0.3 is 5.97 Å². The molecule has 0 spiro atoms. The van der Waals surface area contributed by atoms with Crippen LogP contribution >= 0.6 is 0 Å². The fourth-order valence-corrected chi connectivity index (χ4v) is 3.30. The molecule has 0 unspecified atom stereocenters. The highest BCUT2D eigenvalue weighted by molar-refractivity contribution is 5.93. The van der Waals surface area contributed by atoms with Gasteiger partial charge in [0.05, 0.1) is 16.5 Å². The Morgan fingerprint density at radius 2 is 2.04 bits per heavy atom. The van der Waals surface area contributed by atoms with Gasteiger partial charge in [-0.25, -0.2) is 9.78 Å². The summed E-state index contributed by atoms with van der Waals surface area (Å²) in [6.45, 7) is 4.64. The van der Waals surface area contributed by atoms with Crippen LogP contribution in [0.5, 0.6) is 5.75 Å². The SMILES string of the molecule is C=CCOc1ccc(C=C2CCn3c2nc2cc(C(=O)O)ccc2c3=O)cc1. The lowest BCUT2D eigenvalue weighted by Gasteiger charge is -2.07. The topological polar surface area (TPSA) is 81.4 Å². The average molecular weight is 374 g/mol. The number of ether oxygens (including phenoxy) is 1. The summed E-state index contributed by atoms with van der Waals surface area (Å²) >= 11 is 0. The van der Waals surface area contributed by atoms with E-state index in [-0.39, 0.29) is 11.1 Å². The summed E-state index contributed by atoms with van der Waals surface area (Å²) in [4.78, 5) is 28.6. The van der Waals surface area contributed by atoms with Crippen LogP contribution in [0.2, 0.25) is 0 Å². The molecule has 1 aromatic heterocycles. The van der Waals surface area contributed by atoms with Gasteiger partial charge in [0, 0.05) is 6.54 Å². The van der Waals surface area contributed by atoms with E-state index in [4.69, 9.17) is 4.74 Å². The quantitative estimate of drug-likeness (QED) is 0.690. The Hall–Kier alpha value is -3.67. The van der Waals surface area contributed by atoms with Crippen molar-refractivity contribution in [2.75, 3.05) is 6.61 Å². The van der Waals surface area contributed by atoms with Crippen LogP contribution in [0.4, 0.5) is 0 Å². The number of fused-ring (bicyclic) bond motifs is 2. The predicted molar refractivity (Wildman–Crippen MR) is 108 cm³/mol. The van der Waals surface area contributed by atoms with Gasteiger partial charge in [-0.1, -0.05) is 24.8 Å². The van der Waals surface area contributed by atoms with Crippen LogP contribution < -0.4 is 10.3 Å². The highest BCUT2D eigenvalue weighted by Gasteiger charge is 2.21. The maximum absolute atomic E-state index is 12.8. The van der Waals surface area contributed by atoms with Gasteiger partial charge in [0.15, 0.2) is 0 Å². The number of nitrogens with zero attached hydrogens (tertiary/aromatic N) is 2. The van der Waals surface area contributed by atoms with Gasteiger partial charge in [0.2, 0.25) is 0 Å². The number of rotatable bonds is 5. The van der Waals surface area contributed by atoms with E-state index in [1.54, 1.807) is 10.6 Å². The minimum absolute atomic E-state index is 0.114. The summed E-state index contributed by atoms with van der Waals surface area (Å²) < 4.78 is 7.14. The number of carbonyl (C=O) groups is 1. The lowest BCUT2D eigenvalue weighted by Crippen LogP contribution is -2.20. The Morgan fingerprint density at radius 1 is 1.25 bits per heavy atom. The molecule has 2 aromatic carbocycles. The first kappa shape index (κ1) is 17.7. The van der Waals surface area contributed by atoms with Crippen molar-refractivity contribution >= 4 is 28.5 Å². The molecule has 2 heterocycles. The molecule has 1 aliphatic heterocycles. The Morgan fingerprint density at radius 3 is 2.75 bits per heavy atom. The van der Waals surface area contributed by atoms with Crippen LogP contribution in [0.15, 0.2) is 59.9 Å². The molecule has 28 heavy (non-hydrogen) atoms. The normalized spacial score (nSPS) is 14.2. The van der Waals surface area contributed by atoms with Crippen LogP contribution in [-0.4, -0.2) is 27.2 Å². The van der Waals surface area contributed by atoms with Gasteiger partial charge in [-0.05, 0) is 54.0 Å². The lowest BCUT2D eigenvalue weighted by molar-refractivity contribution is 0.0697. The van der Waals surface area contributed by atoms with E-state index < -0.39 is 5.97 Å². The third-order valence-corrected chi connectivity index (χ3v) is 4.68. The number of aromatic nitrogens is 2. The molecule has 0 radical (unpaired) electrons. The third-order valence-electron chi connectivity index (χ3n) is 4.68. The summed E-state index contributed by atoms with van der Waals surface area (Å²) in [5, 5.41) is 9.62. The molecule has 4 rings (SSSR count). The Balaban J connectivity index is 1.74. The van der Waals surface area contributed by atoms with Crippen LogP contribution in [-0.2, 0) is 6.54 Å². The number of carboxylic acid groups (broad SMARTS) is 1. The van der Waals surface area contributed by atoms with Crippen LogP contribution in [0.1, 0.15) is 28.2 Å². The minimum Gasteiger partial charge on any atom is -0.490 e. The van der Waals surface area contributed by atoms with Crippen molar-refractivity contribution in [3.63, 3.8) is 0 Å². The summed E-state index contributed by atoms with van der Waals surface area (Å²) in [6.07, 6.45) is 4.38. The first-order chi connectivity index (χ1) is 13.6. The molecule has 0 fully saturated rings. The summed E-state index contributed by atoms with van der Waals surface area (Å²) in [7, 11) is 0. The smallest absolute Gasteiger partial charge is 0.335 e. The summed E-state index contributed by atoms with van der Waals surface area (Å²) in [5.74, 6) is 0.307. The van der Waals surface area contributed by atoms with Gasteiger partial charge in [-0.15, -0.1) is 0 Å². The fourth-order valence-electron chi connectivity index (χ4n) is 3.30. The van der Waals surface area contributed by atoms with Gasteiger partial charge < -0.3 is 9.84 Å². The molecular weight excluding hydrogens is 356 g/mol. The molecule has 1 aliphatic rings. The first-order valence-electron chi connectivity index (χ1n) is 8.89. The monoisotopic (exact) mass is 374 g/mol. The average Bonchev–Trinajstić information content (AvgIpc) is 3.10. The van der Waals surface area contributed by atoms with E-state index >= 15 is 0 Å². The highest BCUT2D eigenvalue weighted by atomic mass is 16.5. The Kier molecular flexibility index (Phi) is 4.53. The number of allylic oxidation sites excluding steroid dienone is 1. The minimum atomic E-state index is -1.04. The van der Waals surface area contributed by atoms with E-state index in [0.29, 0.717) is 36.3 Å². The van der Waals surface area contributed by atoms with E-state index in [1.165, 1.54) is 18.2 Å². The Labute approximate surface area is 161 Å². The van der Waals surface area contributed by atoms with Gasteiger partial charge in [0.1, 0.15) is 18.2 Å². The maximum Gasteiger partial charge on any atom is 0.335 e. The number of hydrogen-bond donors (Lipinski definition) is 1. The van der Waals surface area contributed by atoms with Crippen LogP contribution in [0.3, 0.4) is 0 Å². The van der Waals surface area contributed by atoms with E-state index in [1.807, 2.05) is 30.3 Å². The second kappa shape index (κ2) is 7.15. The standard InChI is InChI=1S/C22H18N2O4/c1-2-11-28-17-6-3-14(4-7-17)12-15-9-10-24-20(15)23-19-13-16(22(26)27)5-8-18(19)21(24)25/h2-8,12-13H,1,9-11H2,(H,26,27). The highest BCUT2D eigenvalue weighted by Crippen LogP contribution is 2.28. The molecule has 140 valence electrons. The van der Waals surface area contributed by atoms with Gasteiger partial charge in [-0.2, -0.15) is 0 Å². The third kappa shape index (κ3) is 3.20. The summed E-state index contributed by atoms with van der Waals surface area (Å²) in [6, 6.07) is 12.1. The number of aromatic carboxylic acids is 1. The van der Waals surface area contributed by atoms with Crippen molar-refractivity contribution in [2.24, 2.45) is 0 Å².